The Balaban J connectivity index is 2.27. The highest BCUT2D eigenvalue weighted by molar-refractivity contribution is 5.95. The van der Waals surface area contributed by atoms with Crippen molar-refractivity contribution in [1.82, 2.24) is 0 Å². The van der Waals surface area contributed by atoms with Crippen molar-refractivity contribution in [2.24, 2.45) is 0 Å². The second kappa shape index (κ2) is 6.23. The first-order valence-electron chi connectivity index (χ1n) is 6.67. The van der Waals surface area contributed by atoms with Crippen molar-refractivity contribution in [3.05, 3.63) is 42.5 Å². The fraction of sp³-hybridized carbons (Fsp3) is 0.312. The van der Waals surface area contributed by atoms with Crippen molar-refractivity contribution in [3.8, 4) is 0 Å². The summed E-state index contributed by atoms with van der Waals surface area (Å²) in [5, 5.41) is 5.56. The third kappa shape index (κ3) is 3.05. The minimum absolute atomic E-state index is 0.196. The summed E-state index contributed by atoms with van der Waals surface area (Å²) in [6.07, 6.45) is 0.696. The molecular weight excluding hydrogens is 238 g/mol. The summed E-state index contributed by atoms with van der Waals surface area (Å²) in [6.45, 7) is 4.20. The number of hydrogen-bond donors (Lipinski definition) is 1. The maximum absolute atomic E-state index is 11.8. The lowest BCUT2D eigenvalue weighted by Gasteiger charge is -2.18. The van der Waals surface area contributed by atoms with Crippen LogP contribution < -0.4 is 5.32 Å². The molecular formula is C16H19NO2. The van der Waals surface area contributed by atoms with Gasteiger partial charge < -0.3 is 10.1 Å². The van der Waals surface area contributed by atoms with Crippen molar-refractivity contribution in [3.63, 3.8) is 0 Å². The molecule has 100 valence electrons. The number of nitrogens with one attached hydrogen (secondary N) is 1. The topological polar surface area (TPSA) is 38.3 Å². The number of hydrogen-bond acceptors (Lipinski definition) is 3. The Morgan fingerprint density at radius 1 is 1.16 bits per heavy atom. The summed E-state index contributed by atoms with van der Waals surface area (Å²) in [5.74, 6) is -0.196. The van der Waals surface area contributed by atoms with Crippen LogP contribution in [0.15, 0.2) is 42.5 Å². The van der Waals surface area contributed by atoms with Crippen LogP contribution in [-0.4, -0.2) is 18.6 Å². The number of rotatable bonds is 5. The van der Waals surface area contributed by atoms with Crippen molar-refractivity contribution < 1.29 is 9.53 Å². The average molecular weight is 257 g/mol. The third-order valence-electron chi connectivity index (χ3n) is 3.10. The van der Waals surface area contributed by atoms with Crippen LogP contribution in [0.1, 0.15) is 20.3 Å². The van der Waals surface area contributed by atoms with Gasteiger partial charge in [-0.3, -0.25) is 0 Å². The van der Waals surface area contributed by atoms with Gasteiger partial charge in [-0.25, -0.2) is 4.79 Å². The van der Waals surface area contributed by atoms with E-state index in [0.29, 0.717) is 13.0 Å². The molecule has 0 amide bonds. The van der Waals surface area contributed by atoms with Gasteiger partial charge in [0, 0.05) is 11.1 Å². The predicted molar refractivity (Wildman–Crippen MR) is 78.3 cm³/mol. The summed E-state index contributed by atoms with van der Waals surface area (Å²) < 4.78 is 5.08. The molecule has 1 N–H and O–H groups in total. The number of esters is 1. The van der Waals surface area contributed by atoms with Crippen LogP contribution in [0.5, 0.6) is 0 Å². The van der Waals surface area contributed by atoms with Gasteiger partial charge in [-0.15, -0.1) is 0 Å². The first-order valence-corrected chi connectivity index (χ1v) is 6.67. The van der Waals surface area contributed by atoms with E-state index in [4.69, 9.17) is 4.74 Å². The molecule has 0 aromatic heterocycles. The lowest BCUT2D eigenvalue weighted by atomic mass is 10.1. The molecule has 0 bridgehead atoms. The second-order valence-corrected chi connectivity index (χ2v) is 4.38. The van der Waals surface area contributed by atoms with Crippen molar-refractivity contribution in [1.29, 1.82) is 0 Å². The molecule has 3 heteroatoms. The monoisotopic (exact) mass is 257 g/mol. The van der Waals surface area contributed by atoms with Gasteiger partial charge in [0.15, 0.2) is 0 Å². The Morgan fingerprint density at radius 2 is 1.89 bits per heavy atom. The van der Waals surface area contributed by atoms with Crippen molar-refractivity contribution >= 4 is 22.4 Å². The van der Waals surface area contributed by atoms with Crippen LogP contribution >= 0.6 is 0 Å². The van der Waals surface area contributed by atoms with Gasteiger partial charge in [0.05, 0.1) is 6.61 Å². The van der Waals surface area contributed by atoms with Gasteiger partial charge in [0.25, 0.3) is 0 Å². The van der Waals surface area contributed by atoms with Gasteiger partial charge in [-0.2, -0.15) is 0 Å². The molecule has 19 heavy (non-hydrogen) atoms. The Labute approximate surface area is 113 Å². The Hall–Kier alpha value is -2.03. The Bertz CT molecular complexity index is 560. The zero-order chi connectivity index (χ0) is 13.7. The van der Waals surface area contributed by atoms with Gasteiger partial charge in [-0.1, -0.05) is 43.3 Å². The Morgan fingerprint density at radius 3 is 2.63 bits per heavy atom. The molecule has 2 rings (SSSR count). The molecule has 0 fully saturated rings. The number of ether oxygens (including phenoxy) is 1. The zero-order valence-electron chi connectivity index (χ0n) is 11.3. The summed E-state index contributed by atoms with van der Waals surface area (Å²) in [6, 6.07) is 13.9. The summed E-state index contributed by atoms with van der Waals surface area (Å²) in [4.78, 5) is 11.8. The Kier molecular flexibility index (Phi) is 4.39. The fourth-order valence-electron chi connectivity index (χ4n) is 2.11. The summed E-state index contributed by atoms with van der Waals surface area (Å²) >= 11 is 0. The number of anilines is 1. The highest BCUT2D eigenvalue weighted by atomic mass is 16.5. The minimum Gasteiger partial charge on any atom is -0.464 e. The molecule has 0 saturated carbocycles. The molecule has 0 radical (unpaired) electrons. The predicted octanol–water partition coefficient (Wildman–Crippen LogP) is 3.59. The number of fused-ring (bicyclic) bond motifs is 1. The smallest absolute Gasteiger partial charge is 0.328 e. The summed E-state index contributed by atoms with van der Waals surface area (Å²) in [7, 11) is 0. The molecule has 1 atom stereocenters. The standard InChI is InChI=1S/C16H19NO2/c1-3-14(16(18)19-4-2)17-15-11-7-9-12-8-5-6-10-13(12)15/h5-11,14,17H,3-4H2,1-2H3. The van der Waals surface area contributed by atoms with E-state index >= 15 is 0 Å². The van der Waals surface area contributed by atoms with E-state index in [1.807, 2.05) is 38.1 Å². The first-order chi connectivity index (χ1) is 9.26. The fourth-order valence-corrected chi connectivity index (χ4v) is 2.11. The second-order valence-electron chi connectivity index (χ2n) is 4.38. The molecule has 0 aliphatic heterocycles. The largest absolute Gasteiger partial charge is 0.464 e. The quantitative estimate of drug-likeness (QED) is 0.832. The van der Waals surface area contributed by atoms with Gasteiger partial charge in [0.2, 0.25) is 0 Å². The van der Waals surface area contributed by atoms with Crippen LogP contribution in [0.2, 0.25) is 0 Å². The average Bonchev–Trinajstić information content (AvgIpc) is 2.45. The highest BCUT2D eigenvalue weighted by Crippen LogP contribution is 2.24. The van der Waals surface area contributed by atoms with Crippen molar-refractivity contribution in [2.75, 3.05) is 11.9 Å². The maximum atomic E-state index is 11.8. The van der Waals surface area contributed by atoms with E-state index in [2.05, 4.69) is 23.5 Å². The number of benzene rings is 2. The van der Waals surface area contributed by atoms with E-state index in [1.165, 1.54) is 0 Å². The maximum Gasteiger partial charge on any atom is 0.328 e. The minimum atomic E-state index is -0.300. The van der Waals surface area contributed by atoms with Crippen LogP contribution in [0.25, 0.3) is 10.8 Å². The molecule has 3 nitrogen and oxygen atoms in total. The zero-order valence-corrected chi connectivity index (χ0v) is 11.3. The molecule has 0 heterocycles. The van der Waals surface area contributed by atoms with E-state index < -0.39 is 0 Å². The molecule has 0 aliphatic rings. The molecule has 0 aliphatic carbocycles. The molecule has 2 aromatic rings. The van der Waals surface area contributed by atoms with Gasteiger partial charge in [-0.05, 0) is 24.8 Å². The molecule has 1 unspecified atom stereocenters. The number of carbonyl (C=O) groups is 1. The SMILES string of the molecule is CCOC(=O)C(CC)Nc1cccc2ccccc12. The first kappa shape index (κ1) is 13.4. The van der Waals surface area contributed by atoms with E-state index in [-0.39, 0.29) is 12.0 Å². The van der Waals surface area contributed by atoms with Crippen molar-refractivity contribution in [2.45, 2.75) is 26.3 Å². The molecule has 2 aromatic carbocycles. The molecule has 0 spiro atoms. The van der Waals surface area contributed by atoms with E-state index in [0.717, 1.165) is 16.5 Å². The molecule has 0 saturated heterocycles. The normalized spacial score (nSPS) is 12.1. The van der Waals surface area contributed by atoms with E-state index in [9.17, 15) is 4.79 Å². The van der Waals surface area contributed by atoms with Crippen LogP contribution in [0, 0.1) is 0 Å². The van der Waals surface area contributed by atoms with Crippen LogP contribution in [-0.2, 0) is 9.53 Å². The lowest BCUT2D eigenvalue weighted by Crippen LogP contribution is -2.30. The van der Waals surface area contributed by atoms with Gasteiger partial charge >= 0.3 is 5.97 Å². The number of carbonyl (C=O) groups excluding carboxylic acids is 1. The van der Waals surface area contributed by atoms with Crippen LogP contribution in [0.4, 0.5) is 5.69 Å². The van der Waals surface area contributed by atoms with Crippen LogP contribution in [0.3, 0.4) is 0 Å². The highest BCUT2D eigenvalue weighted by Gasteiger charge is 2.17. The lowest BCUT2D eigenvalue weighted by molar-refractivity contribution is -0.144. The van der Waals surface area contributed by atoms with Gasteiger partial charge in [0.1, 0.15) is 6.04 Å². The van der Waals surface area contributed by atoms with E-state index in [1.54, 1.807) is 0 Å². The third-order valence-corrected chi connectivity index (χ3v) is 3.10. The summed E-state index contributed by atoms with van der Waals surface area (Å²) in [5.41, 5.74) is 0.970.